The minimum absolute atomic E-state index is 0.130. The van der Waals surface area contributed by atoms with Crippen LogP contribution in [0.15, 0.2) is 60.7 Å². The molecule has 0 atom stereocenters. The maximum Gasteiger partial charge on any atom is 0.108 e. The summed E-state index contributed by atoms with van der Waals surface area (Å²) in [5, 5.41) is 44.2. The third kappa shape index (κ3) is 4.95. The second-order valence-electron chi connectivity index (χ2n) is 18.8. The van der Waals surface area contributed by atoms with Crippen LogP contribution in [0.4, 0.5) is 22.7 Å². The van der Waals surface area contributed by atoms with Crippen LogP contribution in [0.2, 0.25) is 0 Å². The van der Waals surface area contributed by atoms with Gasteiger partial charge in [0.1, 0.15) is 11.3 Å². The molecule has 0 bridgehead atoms. The van der Waals surface area contributed by atoms with Gasteiger partial charge in [-0.2, -0.15) is 0 Å². The third-order valence-corrected chi connectivity index (χ3v) is 14.0. The minimum Gasteiger partial charge on any atom is -0.392 e. The molecule has 50 heavy (non-hydrogen) atoms. The van der Waals surface area contributed by atoms with E-state index in [1.165, 1.54) is 36.5 Å². The zero-order valence-corrected chi connectivity index (χ0v) is 30.8. The summed E-state index contributed by atoms with van der Waals surface area (Å²) in [4.78, 5) is 0. The van der Waals surface area contributed by atoms with Crippen LogP contribution in [0, 0.1) is 22.7 Å². The van der Waals surface area contributed by atoms with Crippen molar-refractivity contribution in [3.8, 4) is 0 Å². The average molecular weight is 673 g/mol. The van der Waals surface area contributed by atoms with Crippen LogP contribution in [0.3, 0.4) is 0 Å². The zero-order chi connectivity index (χ0) is 34.8. The molecule has 6 heteroatoms. The molecule has 4 aromatic carbocycles. The van der Waals surface area contributed by atoms with Crippen molar-refractivity contribution in [2.24, 2.45) is 22.7 Å². The second-order valence-corrected chi connectivity index (χ2v) is 18.8. The summed E-state index contributed by atoms with van der Waals surface area (Å²) in [7, 11) is 0. The van der Waals surface area contributed by atoms with Crippen LogP contribution in [0.25, 0.3) is 21.5 Å². The summed E-state index contributed by atoms with van der Waals surface area (Å²) < 4.78 is 0. The number of aliphatic hydroxyl groups is 2. The van der Waals surface area contributed by atoms with Crippen molar-refractivity contribution in [2.45, 2.75) is 128 Å². The van der Waals surface area contributed by atoms with Gasteiger partial charge in [-0.15, -0.1) is 0 Å². The van der Waals surface area contributed by atoms with E-state index in [2.05, 4.69) is 123 Å². The highest BCUT2D eigenvalue weighted by Gasteiger charge is 2.52. The Morgan fingerprint density at radius 3 is 1.18 bits per heavy atom. The van der Waals surface area contributed by atoms with Crippen LogP contribution in [0.5, 0.6) is 0 Å². The summed E-state index contributed by atoms with van der Waals surface area (Å²) in [5.41, 5.74) is 7.07. The molecule has 3 saturated carbocycles. The Kier molecular flexibility index (Phi) is 7.14. The predicted molar refractivity (Wildman–Crippen MR) is 208 cm³/mol. The molecule has 0 unspecified atom stereocenters. The molecule has 0 radical (unpaired) electrons. The molecule has 3 aliphatic carbocycles. The highest BCUT2D eigenvalue weighted by atomic mass is 16.3. The smallest absolute Gasteiger partial charge is 0.108 e. The van der Waals surface area contributed by atoms with Gasteiger partial charge in [0, 0.05) is 45.4 Å². The Hall–Kier alpha value is -3.48. The van der Waals surface area contributed by atoms with Crippen molar-refractivity contribution in [1.29, 1.82) is 0 Å². The van der Waals surface area contributed by atoms with E-state index in [0.717, 1.165) is 82.2 Å². The lowest BCUT2D eigenvalue weighted by Crippen LogP contribution is -2.52. The van der Waals surface area contributed by atoms with Gasteiger partial charge in [-0.3, -0.25) is 0 Å². The van der Waals surface area contributed by atoms with E-state index < -0.39 is 12.2 Å². The first-order valence-electron chi connectivity index (χ1n) is 19.4. The third-order valence-electron chi connectivity index (χ3n) is 14.0. The van der Waals surface area contributed by atoms with Gasteiger partial charge in [0.2, 0.25) is 0 Å². The van der Waals surface area contributed by atoms with E-state index in [4.69, 9.17) is 0 Å². The molecule has 0 aromatic heterocycles. The predicted octanol–water partition coefficient (Wildman–Crippen LogP) is 10.1. The minimum atomic E-state index is -0.689. The maximum absolute atomic E-state index is 11.9. The van der Waals surface area contributed by atoms with Gasteiger partial charge in [-0.25, -0.2) is 0 Å². The first-order valence-corrected chi connectivity index (χ1v) is 19.4. The second kappa shape index (κ2) is 11.0. The van der Waals surface area contributed by atoms with Gasteiger partial charge in [0.15, 0.2) is 0 Å². The van der Waals surface area contributed by atoms with Crippen LogP contribution in [0.1, 0.15) is 116 Å². The fraction of sp³-hybridized carbons (Fsp3) is 0.545. The summed E-state index contributed by atoms with van der Waals surface area (Å²) in [5.74, 6) is 0.753. The number of benzene rings is 4. The largest absolute Gasteiger partial charge is 0.392 e. The van der Waals surface area contributed by atoms with Gasteiger partial charge in [-0.05, 0) is 120 Å². The highest BCUT2D eigenvalue weighted by molar-refractivity contribution is 6.08. The molecular formula is C44H56N4O2. The number of hydrogen-bond acceptors (Lipinski definition) is 6. The molecule has 2 spiro atoms. The van der Waals surface area contributed by atoms with Gasteiger partial charge >= 0.3 is 0 Å². The normalized spacial score (nSPS) is 33.4. The lowest BCUT2D eigenvalue weighted by Gasteiger charge is -2.50. The number of aliphatic hydroxyl groups excluding tert-OH is 2. The molecule has 264 valence electrons. The van der Waals surface area contributed by atoms with Gasteiger partial charge in [0.05, 0.1) is 12.2 Å². The van der Waals surface area contributed by atoms with Crippen molar-refractivity contribution in [2.75, 3.05) is 21.3 Å². The Labute approximate surface area is 297 Å². The molecule has 6 N–H and O–H groups in total. The summed E-state index contributed by atoms with van der Waals surface area (Å²) in [6.07, 6.45) is 7.80. The quantitative estimate of drug-likeness (QED) is 0.127. The van der Waals surface area contributed by atoms with Crippen LogP contribution < -0.4 is 21.3 Å². The summed E-state index contributed by atoms with van der Waals surface area (Å²) in [6.45, 7) is 14.2. The van der Waals surface area contributed by atoms with Crippen molar-refractivity contribution in [3.63, 3.8) is 0 Å². The van der Waals surface area contributed by atoms with Gasteiger partial charge in [0.25, 0.3) is 0 Å². The molecule has 5 aliphatic rings. The topological polar surface area (TPSA) is 88.6 Å². The lowest BCUT2D eigenvalue weighted by molar-refractivity contribution is -0.0775. The Balaban J connectivity index is 0.981. The van der Waals surface area contributed by atoms with E-state index in [1.54, 1.807) is 0 Å². The number of hydrogen-bond donors (Lipinski definition) is 6. The number of nitrogens with one attached hydrogen (secondary N) is 4. The van der Waals surface area contributed by atoms with Crippen molar-refractivity contribution >= 4 is 44.3 Å². The summed E-state index contributed by atoms with van der Waals surface area (Å²) in [6, 6.07) is 21.7. The van der Waals surface area contributed by atoms with Gasteiger partial charge in [-0.1, -0.05) is 77.9 Å². The Morgan fingerprint density at radius 1 is 0.500 bits per heavy atom. The lowest BCUT2D eigenvalue weighted by atomic mass is 9.62. The van der Waals surface area contributed by atoms with Gasteiger partial charge < -0.3 is 31.5 Å². The van der Waals surface area contributed by atoms with Crippen molar-refractivity contribution in [1.82, 2.24) is 0 Å². The molecule has 3 fully saturated rings. The van der Waals surface area contributed by atoms with E-state index in [9.17, 15) is 10.2 Å². The summed E-state index contributed by atoms with van der Waals surface area (Å²) >= 11 is 0. The fourth-order valence-electron chi connectivity index (χ4n) is 10.8. The van der Waals surface area contributed by atoms with E-state index in [0.29, 0.717) is 10.8 Å². The molecule has 9 rings (SSSR count). The van der Waals surface area contributed by atoms with Crippen LogP contribution in [-0.2, 0) is 0 Å². The molecule has 6 nitrogen and oxygen atoms in total. The standard InChI is InChI=1S/C44H56N4O2/c1-41(2,3)25-17-21-43(22-18-25)45-31-11-7-9-27-29(13-15-33(47-43)35(27)31)37-39(49)38(40(37)50)30-14-16-34-36-28(30)10-8-12-32(36)46-44(48-34)23-19-26(20-24-44)42(4,5)6/h7-16,25-26,37-40,45-50H,17-24H2,1-6H3. The average Bonchev–Trinajstić information content (AvgIpc) is 3.06. The Bertz CT molecular complexity index is 1790. The number of rotatable bonds is 2. The monoisotopic (exact) mass is 672 g/mol. The molecule has 4 aromatic rings. The first kappa shape index (κ1) is 32.4. The van der Waals surface area contributed by atoms with E-state index in [-0.39, 0.29) is 23.2 Å². The molecule has 0 saturated heterocycles. The van der Waals surface area contributed by atoms with Crippen LogP contribution >= 0.6 is 0 Å². The maximum atomic E-state index is 11.9. The van der Waals surface area contributed by atoms with Crippen molar-refractivity contribution < 1.29 is 10.2 Å². The SMILES string of the molecule is CC(C)(C)C1CCC2(CC1)Nc1cccc3c(C4C(O)C(c5ccc6c7c(cccc57)NC5(CCC(C(C)(C)C)CC5)N6)C4O)ccc(c13)N2. The zero-order valence-electron chi connectivity index (χ0n) is 30.8. The highest BCUT2D eigenvalue weighted by Crippen LogP contribution is 2.55. The number of anilines is 4. The molecule has 0 amide bonds. The molecule has 2 aliphatic heterocycles. The first-order chi connectivity index (χ1) is 23.8. The van der Waals surface area contributed by atoms with E-state index >= 15 is 0 Å². The van der Waals surface area contributed by atoms with E-state index in [1.807, 2.05) is 0 Å². The van der Waals surface area contributed by atoms with Crippen molar-refractivity contribution in [3.05, 3.63) is 71.8 Å². The Morgan fingerprint density at radius 2 is 0.840 bits per heavy atom. The molecule has 2 heterocycles. The van der Waals surface area contributed by atoms with Crippen LogP contribution in [-0.4, -0.2) is 33.7 Å². The molecular weight excluding hydrogens is 617 g/mol. The fourth-order valence-corrected chi connectivity index (χ4v) is 10.8.